The van der Waals surface area contributed by atoms with Gasteiger partial charge in [-0.25, -0.2) is 14.4 Å². The van der Waals surface area contributed by atoms with Gasteiger partial charge in [0.25, 0.3) is 11.8 Å². The fourth-order valence-electron chi connectivity index (χ4n) is 9.37. The number of likely N-dealkylation sites (tertiary alicyclic amines) is 1. The molecule has 2 aliphatic carbocycles. The number of furan rings is 1. The van der Waals surface area contributed by atoms with Gasteiger partial charge in [0.1, 0.15) is 47.9 Å². The van der Waals surface area contributed by atoms with E-state index in [1.807, 2.05) is 23.6 Å². The van der Waals surface area contributed by atoms with Crippen LogP contribution in [0.4, 0.5) is 9.59 Å². The molecule has 9 unspecified atom stereocenters. The highest BCUT2D eigenvalue weighted by atomic mass is 35.5. The number of β-lactam (4-membered cyclic amide) rings is 1. The number of alkyl halides is 1. The number of benzene rings is 1. The van der Waals surface area contributed by atoms with Gasteiger partial charge < -0.3 is 43.8 Å². The van der Waals surface area contributed by atoms with Crippen molar-refractivity contribution in [3.63, 3.8) is 0 Å². The van der Waals surface area contributed by atoms with Gasteiger partial charge >= 0.3 is 18.2 Å². The van der Waals surface area contributed by atoms with Crippen molar-refractivity contribution in [3.05, 3.63) is 88.0 Å². The molecule has 0 radical (unpaired) electrons. The number of carboxylic acid groups (broad SMARTS) is 1. The molecule has 1 aromatic carbocycles. The summed E-state index contributed by atoms with van der Waals surface area (Å²) in [5.41, 5.74) is 5.59. The highest BCUT2D eigenvalue weighted by Crippen LogP contribution is 2.50. The van der Waals surface area contributed by atoms with Gasteiger partial charge in [0, 0.05) is 73.8 Å². The summed E-state index contributed by atoms with van der Waals surface area (Å²) in [5.74, 6) is -2.43. The Labute approximate surface area is 379 Å². The quantitative estimate of drug-likeness (QED) is 0.120. The summed E-state index contributed by atoms with van der Waals surface area (Å²) in [6.45, 7) is -0.114. The van der Waals surface area contributed by atoms with Crippen molar-refractivity contribution in [1.29, 1.82) is 0 Å². The van der Waals surface area contributed by atoms with Crippen LogP contribution in [0.3, 0.4) is 0 Å². The predicted molar refractivity (Wildman–Crippen MR) is 233 cm³/mol. The van der Waals surface area contributed by atoms with Crippen molar-refractivity contribution in [2.75, 3.05) is 58.7 Å². The minimum absolute atomic E-state index is 0.00180. The summed E-state index contributed by atoms with van der Waals surface area (Å²) >= 11 is 7.92. The summed E-state index contributed by atoms with van der Waals surface area (Å²) in [7, 11) is 1.16. The molecular formula is C43H47ClN6O12S2. The molecule has 3 fully saturated rings. The maximum absolute atomic E-state index is 14.1. The number of likely N-dealkylation sites (N-methyl/N-ethyl adjacent to an activating group) is 2. The number of hydrogen-bond donors (Lipinski definition) is 3. The average molecular weight is 939 g/mol. The van der Waals surface area contributed by atoms with E-state index in [-0.39, 0.29) is 78.9 Å². The minimum atomic E-state index is -1.81. The van der Waals surface area contributed by atoms with Crippen LogP contribution in [0.1, 0.15) is 21.9 Å². The number of halogens is 1. The Morgan fingerprint density at radius 2 is 1.81 bits per heavy atom. The molecule has 5 aliphatic rings. The number of nitrogens with two attached hydrogens (primary N) is 1. The lowest BCUT2D eigenvalue weighted by atomic mass is 9.64. The number of ether oxygens (including phenoxy) is 3. The first-order valence-corrected chi connectivity index (χ1v) is 23.4. The van der Waals surface area contributed by atoms with E-state index in [9.17, 15) is 38.1 Å². The van der Waals surface area contributed by atoms with E-state index in [1.54, 1.807) is 41.3 Å². The van der Waals surface area contributed by atoms with Gasteiger partial charge in [-0.3, -0.25) is 29.2 Å². The topological polar surface area (TPSA) is 232 Å². The minimum Gasteiger partial charge on any atom is -0.479 e. The smallest absolute Gasteiger partial charge is 0.409 e. The second-order valence-electron chi connectivity index (χ2n) is 16.3. The number of rotatable bonds is 14. The average Bonchev–Trinajstić information content (AvgIpc) is 4.05. The summed E-state index contributed by atoms with van der Waals surface area (Å²) in [5, 5.41) is 14.0. The van der Waals surface area contributed by atoms with Crippen LogP contribution in [0.2, 0.25) is 0 Å². The molecule has 3 aliphatic heterocycles. The third kappa shape index (κ3) is 8.75. The highest BCUT2D eigenvalue weighted by Gasteiger charge is 2.58. The van der Waals surface area contributed by atoms with Crippen molar-refractivity contribution in [3.8, 4) is 5.75 Å². The van der Waals surface area contributed by atoms with Crippen LogP contribution < -0.4 is 15.8 Å². The summed E-state index contributed by atoms with van der Waals surface area (Å²) < 4.78 is 36.3. The Morgan fingerprint density at radius 1 is 1.06 bits per heavy atom. The van der Waals surface area contributed by atoms with Crippen LogP contribution >= 0.6 is 22.9 Å². The number of nitrogens with zero attached hydrogens (tertiary/aromatic N) is 4. The SMILES string of the molecule is CN(CCN(C)C(=O)OC1CC2C(C(CCl)CN2C(=O)c2cc3cc(OCN)ccc3o2)C2C=CC=CC12)C(=O)OCC1=C(C(=O)O)N2C(=O)C(NC(=O)Cc3cccs3)C2S(=O)C1. The number of thiophene rings is 1. The first-order valence-electron chi connectivity index (χ1n) is 20.6. The molecule has 2 saturated heterocycles. The third-order valence-corrected chi connectivity index (χ3v) is 15.4. The summed E-state index contributed by atoms with van der Waals surface area (Å²) in [4.78, 5) is 84.9. The maximum atomic E-state index is 14.1. The van der Waals surface area contributed by atoms with Crippen molar-refractivity contribution in [2.45, 2.75) is 36.4 Å². The van der Waals surface area contributed by atoms with Crippen LogP contribution in [0.5, 0.6) is 5.75 Å². The lowest BCUT2D eigenvalue weighted by Gasteiger charge is -2.49. The standard InChI is InChI=1S/C43H47ClN6O12S2/c1-47(42(56)59-20-25-21-64(58)40-36(39(53)50(40)37(25)41(54)55)46-34(51)16-27-6-5-13-63-27)11-12-48(2)43(57)62-32-17-30-35(29-8-4-3-7-28(29)32)24(18-44)19-49(30)38(52)33-15-23-14-26(60-22-45)9-10-31(23)61-33/h3-10,13-15,24,28-30,32,35-36,40H,11-12,16-22,45H2,1-2H3,(H,46,51)(H,54,55). The number of carboxylic acids is 1. The van der Waals surface area contributed by atoms with Crippen molar-refractivity contribution in [1.82, 2.24) is 24.9 Å². The Kier molecular flexibility index (Phi) is 13.2. The van der Waals surface area contributed by atoms with Crippen LogP contribution in [0, 0.1) is 23.7 Å². The molecule has 64 heavy (non-hydrogen) atoms. The van der Waals surface area contributed by atoms with E-state index in [2.05, 4.69) is 11.4 Å². The van der Waals surface area contributed by atoms with Crippen molar-refractivity contribution in [2.24, 2.45) is 29.4 Å². The number of allylic oxidation sites excluding steroid dienone is 3. The molecule has 3 aromatic rings. The summed E-state index contributed by atoms with van der Waals surface area (Å²) in [6, 6.07) is 8.95. The lowest BCUT2D eigenvalue weighted by molar-refractivity contribution is -0.151. The first kappa shape index (κ1) is 44.9. The fraction of sp³-hybridized carbons (Fsp3) is 0.442. The zero-order valence-corrected chi connectivity index (χ0v) is 37.2. The largest absolute Gasteiger partial charge is 0.479 e. The van der Waals surface area contributed by atoms with E-state index < -0.39 is 70.6 Å². The number of nitrogens with one attached hydrogen (secondary N) is 1. The normalized spacial score (nSPS) is 26.7. The van der Waals surface area contributed by atoms with E-state index in [1.165, 1.54) is 35.2 Å². The number of aliphatic carboxylic acids is 1. The van der Waals surface area contributed by atoms with Gasteiger partial charge in [-0.1, -0.05) is 30.4 Å². The van der Waals surface area contributed by atoms with E-state index in [0.29, 0.717) is 35.6 Å². The first-order chi connectivity index (χ1) is 30.8. The molecule has 1 saturated carbocycles. The Morgan fingerprint density at radius 3 is 2.52 bits per heavy atom. The molecule has 21 heteroatoms. The van der Waals surface area contributed by atoms with Crippen LogP contribution in [0.25, 0.3) is 11.0 Å². The number of carbonyl (C=O) groups excluding carboxylic acids is 5. The number of carbonyl (C=O) groups is 6. The molecule has 5 amide bonds. The van der Waals surface area contributed by atoms with E-state index in [4.69, 9.17) is 36.0 Å². The molecule has 0 bridgehead atoms. The number of fused-ring (bicyclic) bond motifs is 5. The van der Waals surface area contributed by atoms with E-state index in [0.717, 1.165) is 9.78 Å². The maximum Gasteiger partial charge on any atom is 0.409 e. The monoisotopic (exact) mass is 938 g/mol. The second-order valence-corrected chi connectivity index (χ2v) is 19.2. The lowest BCUT2D eigenvalue weighted by Crippen LogP contribution is -2.73. The Bertz CT molecular complexity index is 2460. The molecule has 9 atom stereocenters. The Hall–Kier alpha value is -5.70. The predicted octanol–water partition coefficient (Wildman–Crippen LogP) is 3.35. The molecular weight excluding hydrogens is 892 g/mol. The van der Waals surface area contributed by atoms with Crippen LogP contribution in [-0.2, 0) is 41.1 Å². The van der Waals surface area contributed by atoms with Gasteiger partial charge in [0.15, 0.2) is 5.76 Å². The molecule has 18 nitrogen and oxygen atoms in total. The molecule has 340 valence electrons. The third-order valence-electron chi connectivity index (χ3n) is 12.5. The molecule has 0 spiro atoms. The van der Waals surface area contributed by atoms with Crippen LogP contribution in [-0.4, -0.2) is 147 Å². The highest BCUT2D eigenvalue weighted by molar-refractivity contribution is 7.86. The van der Waals surface area contributed by atoms with Gasteiger partial charge in [-0.15, -0.1) is 22.9 Å². The molecule has 5 heterocycles. The number of hydrogen-bond acceptors (Lipinski definition) is 13. The zero-order chi connectivity index (χ0) is 45.4. The van der Waals surface area contributed by atoms with Crippen molar-refractivity contribution >= 4 is 80.6 Å². The van der Waals surface area contributed by atoms with Gasteiger partial charge in [-0.2, -0.15) is 0 Å². The van der Waals surface area contributed by atoms with Gasteiger partial charge in [0.05, 0.1) is 23.0 Å². The fourth-order valence-corrected chi connectivity index (χ4v) is 12.0. The molecule has 2 aromatic heterocycles. The molecule has 8 rings (SSSR count). The van der Waals surface area contributed by atoms with Crippen molar-refractivity contribution < 1.29 is 56.7 Å². The summed E-state index contributed by atoms with van der Waals surface area (Å²) in [6.07, 6.45) is 6.27. The second kappa shape index (κ2) is 18.8. The van der Waals surface area contributed by atoms with Gasteiger partial charge in [0.2, 0.25) is 5.91 Å². The van der Waals surface area contributed by atoms with Gasteiger partial charge in [-0.05, 0) is 53.5 Å². The van der Waals surface area contributed by atoms with E-state index >= 15 is 0 Å². The zero-order valence-electron chi connectivity index (χ0n) is 34.8. The number of amides is 5. The Balaban J connectivity index is 0.868. The van der Waals surface area contributed by atoms with Crippen LogP contribution in [0.15, 0.2) is 81.8 Å². The molecule has 4 N–H and O–H groups in total.